The van der Waals surface area contributed by atoms with Crippen LogP contribution in [0, 0.1) is 0 Å². The molecule has 1 amide bonds. The van der Waals surface area contributed by atoms with Crippen molar-refractivity contribution in [2.75, 3.05) is 19.8 Å². The fourth-order valence-corrected chi connectivity index (χ4v) is 4.42. The van der Waals surface area contributed by atoms with Crippen LogP contribution in [0.2, 0.25) is 0 Å². The molecule has 0 fully saturated rings. The van der Waals surface area contributed by atoms with Gasteiger partial charge in [-0.3, -0.25) is 4.79 Å². The molecule has 0 atom stereocenters. The summed E-state index contributed by atoms with van der Waals surface area (Å²) in [5.41, 5.74) is 1.84. The number of hydrogen-bond donors (Lipinski definition) is 0. The number of rotatable bonds is 5. The second-order valence-corrected chi connectivity index (χ2v) is 7.94. The molecule has 3 heterocycles. The van der Waals surface area contributed by atoms with Crippen LogP contribution in [0.1, 0.15) is 23.0 Å². The molecule has 0 saturated carbocycles. The van der Waals surface area contributed by atoms with E-state index in [0.717, 1.165) is 26.5 Å². The number of amides is 1. The first-order chi connectivity index (χ1) is 14.7. The molecule has 0 bridgehead atoms. The molecule has 0 radical (unpaired) electrons. The van der Waals surface area contributed by atoms with Gasteiger partial charge < -0.3 is 18.8 Å². The lowest BCUT2D eigenvalue weighted by Crippen LogP contribution is -2.30. The third-order valence-corrected chi connectivity index (χ3v) is 6.05. The summed E-state index contributed by atoms with van der Waals surface area (Å²) in [7, 11) is 0. The van der Waals surface area contributed by atoms with Crippen molar-refractivity contribution in [1.29, 1.82) is 0 Å². The van der Waals surface area contributed by atoms with Gasteiger partial charge in [-0.05, 0) is 37.3 Å². The Hall–Kier alpha value is -3.32. The molecule has 2 aromatic carbocycles. The molecule has 2 aromatic heterocycles. The fraction of sp³-hybridized carbons (Fsp3) is 0.217. The normalized spacial score (nSPS) is 12.8. The summed E-state index contributed by atoms with van der Waals surface area (Å²) in [6.45, 7) is 3.95. The number of para-hydroxylation sites is 2. The molecule has 7 heteroatoms. The van der Waals surface area contributed by atoms with Crippen LogP contribution in [0.4, 0.5) is 0 Å². The van der Waals surface area contributed by atoms with Crippen LogP contribution in [0.3, 0.4) is 0 Å². The van der Waals surface area contributed by atoms with Gasteiger partial charge in [-0.2, -0.15) is 0 Å². The summed E-state index contributed by atoms with van der Waals surface area (Å²) in [6, 6.07) is 17.2. The largest absolute Gasteiger partial charge is 0.486 e. The molecular formula is C23H20N2O4S. The van der Waals surface area contributed by atoms with E-state index in [1.165, 1.54) is 0 Å². The first kappa shape index (κ1) is 18.7. The Bertz CT molecular complexity index is 1180. The molecule has 0 N–H and O–H groups in total. The summed E-state index contributed by atoms with van der Waals surface area (Å²) in [6.07, 6.45) is 0. The third-order valence-electron chi connectivity index (χ3n) is 5.00. The van der Waals surface area contributed by atoms with E-state index in [-0.39, 0.29) is 5.91 Å². The van der Waals surface area contributed by atoms with Gasteiger partial charge in [0.25, 0.3) is 5.91 Å². The Morgan fingerprint density at radius 3 is 2.80 bits per heavy atom. The fourth-order valence-electron chi connectivity index (χ4n) is 3.49. The number of nitrogens with zero attached hydrogens (tertiary/aromatic N) is 2. The van der Waals surface area contributed by atoms with Gasteiger partial charge >= 0.3 is 0 Å². The van der Waals surface area contributed by atoms with E-state index in [2.05, 4.69) is 4.98 Å². The van der Waals surface area contributed by atoms with Gasteiger partial charge in [0.15, 0.2) is 28.0 Å². The Morgan fingerprint density at radius 1 is 1.07 bits per heavy atom. The number of hydrogen-bond acceptors (Lipinski definition) is 6. The maximum Gasteiger partial charge on any atom is 0.289 e. The average molecular weight is 420 g/mol. The number of carbonyl (C=O) groups is 1. The first-order valence-electron chi connectivity index (χ1n) is 9.85. The highest BCUT2D eigenvalue weighted by atomic mass is 32.1. The van der Waals surface area contributed by atoms with Crippen LogP contribution >= 0.6 is 11.3 Å². The van der Waals surface area contributed by atoms with Crippen molar-refractivity contribution in [2.24, 2.45) is 0 Å². The molecule has 5 rings (SSSR count). The van der Waals surface area contributed by atoms with Gasteiger partial charge in [0, 0.05) is 18.7 Å². The second kappa shape index (κ2) is 7.84. The summed E-state index contributed by atoms with van der Waals surface area (Å²) in [5.74, 6) is 2.17. The maximum atomic E-state index is 13.1. The van der Waals surface area contributed by atoms with E-state index < -0.39 is 0 Å². The van der Waals surface area contributed by atoms with Gasteiger partial charge in [0.2, 0.25) is 0 Å². The zero-order valence-corrected chi connectivity index (χ0v) is 17.3. The molecule has 4 aromatic rings. The van der Waals surface area contributed by atoms with Gasteiger partial charge in [0.1, 0.15) is 13.2 Å². The van der Waals surface area contributed by atoms with Crippen molar-refractivity contribution >= 4 is 27.5 Å². The number of fused-ring (bicyclic) bond motifs is 2. The minimum atomic E-state index is -0.167. The van der Waals surface area contributed by atoms with E-state index in [1.807, 2.05) is 49.4 Å². The number of carbonyl (C=O) groups excluding carboxylic acids is 1. The molecule has 0 unspecified atom stereocenters. The van der Waals surface area contributed by atoms with Crippen LogP contribution < -0.4 is 9.47 Å². The van der Waals surface area contributed by atoms with Crippen LogP contribution in [-0.4, -0.2) is 35.5 Å². The lowest BCUT2D eigenvalue weighted by Gasteiger charge is -2.24. The van der Waals surface area contributed by atoms with E-state index in [9.17, 15) is 4.79 Å². The lowest BCUT2D eigenvalue weighted by atomic mass is 10.1. The van der Waals surface area contributed by atoms with Crippen LogP contribution in [0.25, 0.3) is 21.0 Å². The standard InChI is InChI=1S/C23H20N2O4S/c1-2-25(14-15-6-5-8-17-21(15)28-13-12-27-17)23(26)19-11-10-18(29-19)22-24-16-7-3-4-9-20(16)30-22/h3-11H,2,12-14H2,1H3. The summed E-state index contributed by atoms with van der Waals surface area (Å²) < 4.78 is 18.4. The monoisotopic (exact) mass is 420 g/mol. The molecule has 1 aliphatic rings. The first-order valence-corrected chi connectivity index (χ1v) is 10.7. The van der Waals surface area contributed by atoms with Gasteiger partial charge in [-0.1, -0.05) is 24.3 Å². The highest BCUT2D eigenvalue weighted by Gasteiger charge is 2.23. The average Bonchev–Trinajstić information content (AvgIpc) is 3.44. The van der Waals surface area contributed by atoms with Crippen LogP contribution in [0.5, 0.6) is 11.5 Å². The van der Waals surface area contributed by atoms with Crippen molar-refractivity contribution in [3.63, 3.8) is 0 Å². The van der Waals surface area contributed by atoms with E-state index in [1.54, 1.807) is 28.4 Å². The van der Waals surface area contributed by atoms with Gasteiger partial charge in [0.05, 0.1) is 10.2 Å². The summed E-state index contributed by atoms with van der Waals surface area (Å²) in [4.78, 5) is 19.4. The zero-order valence-electron chi connectivity index (χ0n) is 16.5. The van der Waals surface area contributed by atoms with Crippen LogP contribution in [0.15, 0.2) is 59.0 Å². The molecule has 6 nitrogen and oxygen atoms in total. The summed E-state index contributed by atoms with van der Waals surface area (Å²) in [5, 5.41) is 0.765. The number of ether oxygens (including phenoxy) is 2. The Kier molecular flexibility index (Phi) is 4.88. The number of aromatic nitrogens is 1. The predicted octanol–water partition coefficient (Wildman–Crippen LogP) is 4.99. The zero-order chi connectivity index (χ0) is 20.5. The second-order valence-electron chi connectivity index (χ2n) is 6.91. The van der Waals surface area contributed by atoms with E-state index in [4.69, 9.17) is 13.9 Å². The highest BCUT2D eigenvalue weighted by Crippen LogP contribution is 2.35. The molecule has 0 saturated heterocycles. The number of thiazole rings is 1. The molecular weight excluding hydrogens is 400 g/mol. The maximum absolute atomic E-state index is 13.1. The van der Waals surface area contributed by atoms with Gasteiger partial charge in [-0.25, -0.2) is 4.98 Å². The molecule has 30 heavy (non-hydrogen) atoms. The summed E-state index contributed by atoms with van der Waals surface area (Å²) >= 11 is 1.55. The Balaban J connectivity index is 1.38. The van der Waals surface area contributed by atoms with Gasteiger partial charge in [-0.15, -0.1) is 11.3 Å². The smallest absolute Gasteiger partial charge is 0.289 e. The van der Waals surface area contributed by atoms with Crippen LogP contribution in [-0.2, 0) is 6.54 Å². The minimum Gasteiger partial charge on any atom is -0.486 e. The Labute approximate surface area is 177 Å². The quantitative estimate of drug-likeness (QED) is 0.455. The van der Waals surface area contributed by atoms with Crippen molar-refractivity contribution in [3.05, 3.63) is 65.9 Å². The topological polar surface area (TPSA) is 64.8 Å². The van der Waals surface area contributed by atoms with E-state index >= 15 is 0 Å². The lowest BCUT2D eigenvalue weighted by molar-refractivity contribution is 0.0718. The molecule has 0 spiro atoms. The van der Waals surface area contributed by atoms with E-state index in [0.29, 0.717) is 43.6 Å². The van der Waals surface area contributed by atoms with Crippen molar-refractivity contribution in [3.8, 4) is 22.3 Å². The number of furan rings is 1. The molecule has 152 valence electrons. The van der Waals surface area contributed by atoms with Crippen molar-refractivity contribution < 1.29 is 18.7 Å². The third kappa shape index (κ3) is 3.41. The predicted molar refractivity (Wildman–Crippen MR) is 115 cm³/mol. The minimum absolute atomic E-state index is 0.167. The highest BCUT2D eigenvalue weighted by molar-refractivity contribution is 7.21. The van der Waals surface area contributed by atoms with Crippen molar-refractivity contribution in [1.82, 2.24) is 9.88 Å². The number of benzene rings is 2. The Morgan fingerprint density at radius 2 is 1.93 bits per heavy atom. The SMILES string of the molecule is CCN(Cc1cccc2c1OCCO2)C(=O)c1ccc(-c2nc3ccccc3s2)o1. The molecule has 0 aliphatic carbocycles. The van der Waals surface area contributed by atoms with Crippen molar-refractivity contribution in [2.45, 2.75) is 13.5 Å². The molecule has 1 aliphatic heterocycles.